The lowest BCUT2D eigenvalue weighted by Gasteiger charge is -2.13. The first-order chi connectivity index (χ1) is 13.9. The first-order valence-corrected chi connectivity index (χ1v) is 10.1. The molecule has 0 fully saturated rings. The summed E-state index contributed by atoms with van der Waals surface area (Å²) < 4.78 is 13.7. The molecule has 4 nitrogen and oxygen atoms in total. The summed E-state index contributed by atoms with van der Waals surface area (Å²) in [6.45, 7) is 1.73. The van der Waals surface area contributed by atoms with Crippen molar-refractivity contribution in [3.8, 4) is 0 Å². The Hall–Kier alpha value is -2.83. The molecule has 0 aliphatic heterocycles. The van der Waals surface area contributed by atoms with Gasteiger partial charge in [0.05, 0.1) is 10.9 Å². The van der Waals surface area contributed by atoms with Crippen molar-refractivity contribution < 1.29 is 14.0 Å². The summed E-state index contributed by atoms with van der Waals surface area (Å²) >= 11 is 7.24. The third kappa shape index (κ3) is 5.82. The van der Waals surface area contributed by atoms with Crippen LogP contribution in [0.4, 0.5) is 15.8 Å². The Morgan fingerprint density at radius 1 is 0.966 bits per heavy atom. The molecule has 0 saturated heterocycles. The number of anilines is 2. The van der Waals surface area contributed by atoms with Crippen molar-refractivity contribution in [3.05, 3.63) is 89.2 Å². The van der Waals surface area contributed by atoms with E-state index in [1.807, 2.05) is 6.07 Å². The van der Waals surface area contributed by atoms with Gasteiger partial charge < -0.3 is 10.6 Å². The molecule has 3 aromatic rings. The monoisotopic (exact) mass is 428 g/mol. The Balaban J connectivity index is 1.64. The Morgan fingerprint density at radius 2 is 1.72 bits per heavy atom. The summed E-state index contributed by atoms with van der Waals surface area (Å²) in [6, 6.07) is 19.9. The number of para-hydroxylation sites is 1. The van der Waals surface area contributed by atoms with Gasteiger partial charge in [-0.05, 0) is 55.5 Å². The lowest BCUT2D eigenvalue weighted by atomic mass is 10.2. The van der Waals surface area contributed by atoms with Crippen LogP contribution in [0.25, 0.3) is 0 Å². The van der Waals surface area contributed by atoms with Gasteiger partial charge in [0.1, 0.15) is 5.82 Å². The second-order valence-corrected chi connectivity index (χ2v) is 8.07. The van der Waals surface area contributed by atoms with E-state index in [-0.39, 0.29) is 17.5 Å². The van der Waals surface area contributed by atoms with E-state index in [1.54, 1.807) is 61.5 Å². The van der Waals surface area contributed by atoms with E-state index in [2.05, 4.69) is 10.6 Å². The van der Waals surface area contributed by atoms with Crippen LogP contribution in [0.5, 0.6) is 0 Å². The first-order valence-electron chi connectivity index (χ1n) is 8.81. The van der Waals surface area contributed by atoms with Crippen molar-refractivity contribution in [1.82, 2.24) is 0 Å². The second kappa shape index (κ2) is 9.58. The van der Waals surface area contributed by atoms with E-state index in [1.165, 1.54) is 23.9 Å². The van der Waals surface area contributed by atoms with E-state index in [0.717, 1.165) is 4.90 Å². The first kappa shape index (κ1) is 20.9. The number of amides is 2. The van der Waals surface area contributed by atoms with Crippen LogP contribution in [0.15, 0.2) is 77.7 Å². The predicted molar refractivity (Wildman–Crippen MR) is 116 cm³/mol. The molecule has 0 aromatic heterocycles. The number of thioether (sulfide) groups is 1. The van der Waals surface area contributed by atoms with Crippen LogP contribution in [-0.4, -0.2) is 17.1 Å². The second-order valence-electron chi connectivity index (χ2n) is 6.22. The average Bonchev–Trinajstić information content (AvgIpc) is 2.70. The molecule has 2 N–H and O–H groups in total. The normalized spacial score (nSPS) is 11.6. The van der Waals surface area contributed by atoms with Crippen LogP contribution in [-0.2, 0) is 4.79 Å². The Bertz CT molecular complexity index is 1040. The zero-order valence-corrected chi connectivity index (χ0v) is 17.1. The SMILES string of the molecule is CC(Sc1cccc(NC(=O)c2cccc(Cl)c2)c1)C(=O)Nc1ccccc1F. The molecule has 0 aliphatic carbocycles. The van der Waals surface area contributed by atoms with E-state index in [4.69, 9.17) is 11.6 Å². The lowest BCUT2D eigenvalue weighted by molar-refractivity contribution is -0.115. The lowest BCUT2D eigenvalue weighted by Crippen LogP contribution is -2.22. The van der Waals surface area contributed by atoms with E-state index < -0.39 is 11.1 Å². The Kier molecular flexibility index (Phi) is 6.90. The number of halogens is 2. The van der Waals surface area contributed by atoms with E-state index >= 15 is 0 Å². The summed E-state index contributed by atoms with van der Waals surface area (Å²) in [5.74, 6) is -1.07. The zero-order valence-electron chi connectivity index (χ0n) is 15.5. The van der Waals surface area contributed by atoms with Crippen molar-refractivity contribution in [3.63, 3.8) is 0 Å². The van der Waals surface area contributed by atoms with Gasteiger partial charge in [0.2, 0.25) is 5.91 Å². The van der Waals surface area contributed by atoms with E-state index in [9.17, 15) is 14.0 Å². The maximum atomic E-state index is 13.7. The molecule has 1 atom stereocenters. The van der Waals surface area contributed by atoms with Gasteiger partial charge in [0, 0.05) is 21.2 Å². The molecule has 0 aliphatic rings. The van der Waals surface area contributed by atoms with Gasteiger partial charge in [0.15, 0.2) is 0 Å². The minimum atomic E-state index is -0.483. The van der Waals surface area contributed by atoms with Crippen molar-refractivity contribution in [2.75, 3.05) is 10.6 Å². The third-order valence-electron chi connectivity index (χ3n) is 3.99. The molecular formula is C22H18ClFN2O2S. The molecule has 0 bridgehead atoms. The van der Waals surface area contributed by atoms with Crippen LogP contribution in [0.1, 0.15) is 17.3 Å². The fourth-order valence-electron chi connectivity index (χ4n) is 2.53. The van der Waals surface area contributed by atoms with E-state index in [0.29, 0.717) is 16.3 Å². The number of carbonyl (C=O) groups excluding carboxylic acids is 2. The van der Waals surface area contributed by atoms with Crippen LogP contribution in [0.3, 0.4) is 0 Å². The number of hydrogen-bond acceptors (Lipinski definition) is 3. The van der Waals surface area contributed by atoms with Gasteiger partial charge in [-0.25, -0.2) is 4.39 Å². The van der Waals surface area contributed by atoms with Crippen LogP contribution in [0.2, 0.25) is 5.02 Å². The van der Waals surface area contributed by atoms with Crippen molar-refractivity contribution in [2.24, 2.45) is 0 Å². The molecule has 1 unspecified atom stereocenters. The Morgan fingerprint density at radius 3 is 2.48 bits per heavy atom. The highest BCUT2D eigenvalue weighted by Gasteiger charge is 2.16. The molecule has 0 heterocycles. The average molecular weight is 429 g/mol. The summed E-state index contributed by atoms with van der Waals surface area (Å²) in [5.41, 5.74) is 1.20. The fourth-order valence-corrected chi connectivity index (χ4v) is 3.65. The minimum absolute atomic E-state index is 0.146. The Labute approximate surface area is 177 Å². The maximum Gasteiger partial charge on any atom is 0.255 e. The number of hydrogen-bond donors (Lipinski definition) is 2. The molecule has 0 saturated carbocycles. The number of nitrogens with one attached hydrogen (secondary N) is 2. The standard InChI is InChI=1S/C22H18ClFN2O2S/c1-14(21(27)26-20-11-3-2-10-19(20)24)29-18-9-5-8-17(13-18)25-22(28)15-6-4-7-16(23)12-15/h2-14H,1H3,(H,25,28)(H,26,27). The molecule has 2 amide bonds. The largest absolute Gasteiger partial charge is 0.323 e. The van der Waals surface area contributed by atoms with Gasteiger partial charge in [-0.15, -0.1) is 11.8 Å². The van der Waals surface area contributed by atoms with Crippen LogP contribution >= 0.6 is 23.4 Å². The third-order valence-corrected chi connectivity index (χ3v) is 5.32. The number of rotatable bonds is 6. The smallest absolute Gasteiger partial charge is 0.255 e. The number of benzene rings is 3. The quantitative estimate of drug-likeness (QED) is 0.484. The summed E-state index contributed by atoms with van der Waals surface area (Å²) in [7, 11) is 0. The molecular weight excluding hydrogens is 411 g/mol. The molecule has 0 spiro atoms. The fraction of sp³-hybridized carbons (Fsp3) is 0.0909. The highest BCUT2D eigenvalue weighted by Crippen LogP contribution is 2.27. The molecule has 29 heavy (non-hydrogen) atoms. The molecule has 0 radical (unpaired) electrons. The predicted octanol–water partition coefficient (Wildman–Crippen LogP) is 5.85. The topological polar surface area (TPSA) is 58.2 Å². The molecule has 3 aromatic carbocycles. The van der Waals surface area contributed by atoms with Crippen LogP contribution in [0, 0.1) is 5.82 Å². The highest BCUT2D eigenvalue weighted by molar-refractivity contribution is 8.00. The van der Waals surface area contributed by atoms with Gasteiger partial charge in [-0.3, -0.25) is 9.59 Å². The molecule has 3 rings (SSSR count). The summed E-state index contributed by atoms with van der Waals surface area (Å²) in [4.78, 5) is 25.5. The van der Waals surface area contributed by atoms with Crippen molar-refractivity contribution >= 4 is 46.6 Å². The molecule has 7 heteroatoms. The van der Waals surface area contributed by atoms with Gasteiger partial charge in [-0.2, -0.15) is 0 Å². The maximum absolute atomic E-state index is 13.7. The zero-order chi connectivity index (χ0) is 20.8. The van der Waals surface area contributed by atoms with Gasteiger partial charge in [0.25, 0.3) is 5.91 Å². The van der Waals surface area contributed by atoms with Crippen molar-refractivity contribution in [2.45, 2.75) is 17.1 Å². The minimum Gasteiger partial charge on any atom is -0.323 e. The highest BCUT2D eigenvalue weighted by atomic mass is 35.5. The molecule has 148 valence electrons. The number of carbonyl (C=O) groups is 2. The van der Waals surface area contributed by atoms with Crippen LogP contribution < -0.4 is 10.6 Å². The van der Waals surface area contributed by atoms with Gasteiger partial charge in [-0.1, -0.05) is 35.9 Å². The summed E-state index contributed by atoms with van der Waals surface area (Å²) in [5, 5.41) is 5.42. The van der Waals surface area contributed by atoms with Crippen molar-refractivity contribution in [1.29, 1.82) is 0 Å². The summed E-state index contributed by atoms with van der Waals surface area (Å²) in [6.07, 6.45) is 0. The van der Waals surface area contributed by atoms with Gasteiger partial charge >= 0.3 is 0 Å².